The first-order valence-corrected chi connectivity index (χ1v) is 6.17. The second kappa shape index (κ2) is 7.12. The summed E-state index contributed by atoms with van der Waals surface area (Å²) in [6, 6.07) is 6.48. The van der Waals surface area contributed by atoms with Crippen LogP contribution in [0.2, 0.25) is 5.02 Å². The van der Waals surface area contributed by atoms with Crippen molar-refractivity contribution in [3.63, 3.8) is 0 Å². The Kier molecular flexibility index (Phi) is 5.79. The molecule has 2 N–H and O–H groups in total. The Bertz CT molecular complexity index is 476. The highest BCUT2D eigenvalue weighted by Gasteiger charge is 2.35. The molecule has 1 aromatic rings. The Labute approximate surface area is 121 Å². The number of ether oxygens (including phenoxy) is 2. The molecule has 1 rings (SSSR count). The van der Waals surface area contributed by atoms with Crippen LogP contribution in [0.5, 0.6) is 5.75 Å². The van der Waals surface area contributed by atoms with Gasteiger partial charge in [-0.05, 0) is 31.2 Å². The first-order valence-electron chi connectivity index (χ1n) is 5.79. The largest absolute Gasteiger partial charge is 0.484 e. The third-order valence-corrected chi connectivity index (χ3v) is 2.76. The number of carbonyl (C=O) groups is 2. The van der Waals surface area contributed by atoms with Crippen LogP contribution < -0.4 is 10.1 Å². The fourth-order valence-corrected chi connectivity index (χ4v) is 1.59. The molecule has 0 radical (unpaired) electrons. The Balaban J connectivity index is 2.54. The predicted molar refractivity (Wildman–Crippen MR) is 73.0 cm³/mol. The molecule has 6 nitrogen and oxygen atoms in total. The van der Waals surface area contributed by atoms with E-state index in [0.29, 0.717) is 10.8 Å². The van der Waals surface area contributed by atoms with E-state index in [-0.39, 0.29) is 13.2 Å². The highest BCUT2D eigenvalue weighted by molar-refractivity contribution is 6.30. The van der Waals surface area contributed by atoms with Crippen LogP contribution in [0.25, 0.3) is 0 Å². The van der Waals surface area contributed by atoms with E-state index in [2.05, 4.69) is 5.32 Å². The van der Waals surface area contributed by atoms with Gasteiger partial charge in [-0.25, -0.2) is 4.79 Å². The van der Waals surface area contributed by atoms with Crippen molar-refractivity contribution in [2.24, 2.45) is 0 Å². The van der Waals surface area contributed by atoms with Crippen LogP contribution in [0, 0.1) is 0 Å². The molecule has 0 aliphatic carbocycles. The van der Waals surface area contributed by atoms with Gasteiger partial charge in [0.1, 0.15) is 5.75 Å². The molecule has 0 aliphatic heterocycles. The van der Waals surface area contributed by atoms with Crippen LogP contribution in [-0.2, 0) is 14.3 Å². The summed E-state index contributed by atoms with van der Waals surface area (Å²) >= 11 is 5.72. The topological polar surface area (TPSA) is 84.9 Å². The number of carboxylic acid groups (broad SMARTS) is 1. The molecule has 0 aliphatic rings. The lowest BCUT2D eigenvalue weighted by Gasteiger charge is -2.25. The van der Waals surface area contributed by atoms with E-state index in [1.807, 2.05) is 0 Å². The van der Waals surface area contributed by atoms with E-state index in [1.54, 1.807) is 24.3 Å². The van der Waals surface area contributed by atoms with Crippen LogP contribution >= 0.6 is 11.6 Å². The number of rotatable bonds is 7. The highest BCUT2D eigenvalue weighted by Crippen LogP contribution is 2.15. The lowest BCUT2D eigenvalue weighted by atomic mass is 10.0. The van der Waals surface area contributed by atoms with E-state index in [1.165, 1.54) is 14.0 Å². The van der Waals surface area contributed by atoms with Crippen LogP contribution in [0.3, 0.4) is 0 Å². The smallest absolute Gasteiger partial charge is 0.331 e. The van der Waals surface area contributed by atoms with Gasteiger partial charge in [0.05, 0.1) is 6.61 Å². The lowest BCUT2D eigenvalue weighted by Crippen LogP contribution is -2.56. The van der Waals surface area contributed by atoms with Crippen molar-refractivity contribution in [1.29, 1.82) is 0 Å². The van der Waals surface area contributed by atoms with Crippen molar-refractivity contribution in [1.82, 2.24) is 5.32 Å². The minimum atomic E-state index is -1.49. The van der Waals surface area contributed by atoms with E-state index in [4.69, 9.17) is 26.2 Å². The molecule has 0 fully saturated rings. The fourth-order valence-electron chi connectivity index (χ4n) is 1.46. The average Bonchev–Trinajstić information content (AvgIpc) is 2.38. The van der Waals surface area contributed by atoms with Crippen molar-refractivity contribution >= 4 is 23.5 Å². The summed E-state index contributed by atoms with van der Waals surface area (Å²) in [4.78, 5) is 22.8. The summed E-state index contributed by atoms with van der Waals surface area (Å²) in [5.74, 6) is -1.27. The van der Waals surface area contributed by atoms with Gasteiger partial charge in [0, 0.05) is 12.1 Å². The van der Waals surface area contributed by atoms with Gasteiger partial charge in [-0.2, -0.15) is 0 Å². The minimum Gasteiger partial charge on any atom is -0.484 e. The van der Waals surface area contributed by atoms with Gasteiger partial charge < -0.3 is 19.9 Å². The molecule has 1 atom stereocenters. The molecule has 1 aromatic carbocycles. The second-order valence-electron chi connectivity index (χ2n) is 4.36. The Morgan fingerprint density at radius 1 is 1.35 bits per heavy atom. The van der Waals surface area contributed by atoms with Gasteiger partial charge >= 0.3 is 5.97 Å². The molecule has 0 bridgehead atoms. The summed E-state index contributed by atoms with van der Waals surface area (Å²) in [5, 5.41) is 12.0. The maximum absolute atomic E-state index is 11.7. The van der Waals surface area contributed by atoms with E-state index in [9.17, 15) is 9.59 Å². The van der Waals surface area contributed by atoms with E-state index in [0.717, 1.165) is 0 Å². The Hall–Kier alpha value is -1.79. The minimum absolute atomic E-state index is 0.144. The number of carboxylic acids is 1. The van der Waals surface area contributed by atoms with Crippen molar-refractivity contribution in [2.75, 3.05) is 20.3 Å². The van der Waals surface area contributed by atoms with E-state index < -0.39 is 17.4 Å². The molecule has 0 saturated heterocycles. The molecular formula is C13H16ClNO5. The van der Waals surface area contributed by atoms with Crippen molar-refractivity contribution < 1.29 is 24.2 Å². The van der Waals surface area contributed by atoms with Gasteiger partial charge in [-0.3, -0.25) is 4.79 Å². The van der Waals surface area contributed by atoms with Crippen molar-refractivity contribution in [3.05, 3.63) is 29.3 Å². The van der Waals surface area contributed by atoms with Crippen LogP contribution in [0.15, 0.2) is 24.3 Å². The highest BCUT2D eigenvalue weighted by atomic mass is 35.5. The van der Waals surface area contributed by atoms with Gasteiger partial charge in [0.2, 0.25) is 0 Å². The average molecular weight is 302 g/mol. The first kappa shape index (κ1) is 16.3. The normalized spacial score (nSPS) is 13.3. The standard InChI is InChI=1S/C13H16ClNO5/c1-13(8-19-2,12(17)18)15-11(16)7-20-10-5-3-9(14)4-6-10/h3-6H,7-8H2,1-2H3,(H,15,16)(H,17,18). The molecule has 0 heterocycles. The van der Waals surface area contributed by atoms with E-state index >= 15 is 0 Å². The molecular weight excluding hydrogens is 286 g/mol. The van der Waals surface area contributed by atoms with Gasteiger partial charge in [-0.1, -0.05) is 11.6 Å². The SMILES string of the molecule is COCC(C)(NC(=O)COc1ccc(Cl)cc1)C(=O)O. The molecule has 1 amide bonds. The van der Waals surface area contributed by atoms with Crippen LogP contribution in [-0.4, -0.2) is 42.8 Å². The summed E-state index contributed by atoms with van der Waals surface area (Å²) in [6.07, 6.45) is 0. The molecule has 0 spiro atoms. The monoisotopic (exact) mass is 301 g/mol. The summed E-state index contributed by atoms with van der Waals surface area (Å²) in [6.45, 7) is 0.919. The number of hydrogen-bond acceptors (Lipinski definition) is 4. The Morgan fingerprint density at radius 2 is 1.95 bits per heavy atom. The maximum atomic E-state index is 11.7. The fraction of sp³-hybridized carbons (Fsp3) is 0.385. The molecule has 0 aromatic heterocycles. The predicted octanol–water partition coefficient (Wildman–Crippen LogP) is 1.32. The third kappa shape index (κ3) is 4.71. The number of halogens is 1. The third-order valence-electron chi connectivity index (χ3n) is 2.50. The molecule has 110 valence electrons. The summed E-state index contributed by atoms with van der Waals surface area (Å²) < 4.78 is 10.0. The zero-order chi connectivity index (χ0) is 15.2. The number of aliphatic carboxylic acids is 1. The lowest BCUT2D eigenvalue weighted by molar-refractivity contribution is -0.149. The number of benzene rings is 1. The first-order chi connectivity index (χ1) is 9.37. The number of amides is 1. The molecule has 20 heavy (non-hydrogen) atoms. The number of hydrogen-bond donors (Lipinski definition) is 2. The zero-order valence-electron chi connectivity index (χ0n) is 11.2. The van der Waals surface area contributed by atoms with Crippen molar-refractivity contribution in [3.8, 4) is 5.75 Å². The molecule has 1 unspecified atom stereocenters. The van der Waals surface area contributed by atoms with Gasteiger partial charge in [-0.15, -0.1) is 0 Å². The second-order valence-corrected chi connectivity index (χ2v) is 4.80. The number of carbonyl (C=O) groups excluding carboxylic acids is 1. The Morgan fingerprint density at radius 3 is 2.45 bits per heavy atom. The van der Waals surface area contributed by atoms with Crippen LogP contribution in [0.1, 0.15) is 6.92 Å². The summed E-state index contributed by atoms with van der Waals surface area (Å²) in [5.41, 5.74) is -1.49. The van der Waals surface area contributed by atoms with Crippen molar-refractivity contribution in [2.45, 2.75) is 12.5 Å². The summed E-state index contributed by atoms with van der Waals surface area (Å²) in [7, 11) is 1.36. The zero-order valence-corrected chi connectivity index (χ0v) is 11.9. The molecule has 0 saturated carbocycles. The van der Waals surface area contributed by atoms with Gasteiger partial charge in [0.25, 0.3) is 5.91 Å². The maximum Gasteiger partial charge on any atom is 0.331 e. The van der Waals surface area contributed by atoms with Gasteiger partial charge in [0.15, 0.2) is 12.1 Å². The quantitative estimate of drug-likeness (QED) is 0.793. The van der Waals surface area contributed by atoms with Crippen LogP contribution in [0.4, 0.5) is 0 Å². The number of nitrogens with one attached hydrogen (secondary N) is 1. The number of methoxy groups -OCH3 is 1. The molecule has 7 heteroatoms.